The molecule has 2 aromatic carbocycles. The van der Waals surface area contributed by atoms with Crippen molar-refractivity contribution in [3.63, 3.8) is 0 Å². The molecule has 6 heteroatoms. The molecule has 164 valence electrons. The Balaban J connectivity index is 1.55. The van der Waals surface area contributed by atoms with Crippen LogP contribution in [0.2, 0.25) is 0 Å². The maximum Gasteiger partial charge on any atom is 0.573 e. The number of hydrogen-bond donors (Lipinski definition) is 0. The molecule has 2 saturated carbocycles. The molecule has 0 heterocycles. The van der Waals surface area contributed by atoms with Crippen molar-refractivity contribution in [2.24, 2.45) is 17.8 Å². The first-order valence-electron chi connectivity index (χ1n) is 10.9. The first kappa shape index (κ1) is 21.4. The number of alkyl halides is 3. The van der Waals surface area contributed by atoms with E-state index in [1.54, 1.807) is 6.07 Å². The summed E-state index contributed by atoms with van der Waals surface area (Å²) in [5.74, 6) is -0.348. The second-order valence-corrected chi connectivity index (χ2v) is 9.05. The van der Waals surface area contributed by atoms with Crippen LogP contribution in [0.25, 0.3) is 10.8 Å². The number of halogens is 5. The van der Waals surface area contributed by atoms with Gasteiger partial charge in [0.15, 0.2) is 11.6 Å². The zero-order chi connectivity index (χ0) is 21.5. The molecule has 4 atom stereocenters. The van der Waals surface area contributed by atoms with Crippen LogP contribution >= 0.6 is 0 Å². The zero-order valence-corrected chi connectivity index (χ0v) is 17.1. The fourth-order valence-corrected chi connectivity index (χ4v) is 5.74. The number of benzene rings is 2. The third-order valence-electron chi connectivity index (χ3n) is 7.09. The van der Waals surface area contributed by atoms with Gasteiger partial charge < -0.3 is 4.74 Å². The molecule has 1 nitrogen and oxygen atoms in total. The van der Waals surface area contributed by atoms with E-state index in [1.165, 1.54) is 38.2 Å². The van der Waals surface area contributed by atoms with Crippen molar-refractivity contribution < 1.29 is 26.7 Å². The van der Waals surface area contributed by atoms with Gasteiger partial charge in [0.1, 0.15) is 5.82 Å². The van der Waals surface area contributed by atoms with Gasteiger partial charge in [0, 0.05) is 5.39 Å². The third-order valence-corrected chi connectivity index (χ3v) is 7.09. The first-order valence-corrected chi connectivity index (χ1v) is 10.9. The van der Waals surface area contributed by atoms with Crippen molar-refractivity contribution in [2.75, 3.05) is 0 Å². The molecule has 0 aliphatic heterocycles. The molecule has 0 aromatic heterocycles. The van der Waals surface area contributed by atoms with Gasteiger partial charge in [0.05, 0.1) is 0 Å². The minimum Gasteiger partial charge on any atom is -0.403 e. The Labute approximate surface area is 173 Å². The summed E-state index contributed by atoms with van der Waals surface area (Å²) in [4.78, 5) is 0. The number of fused-ring (bicyclic) bond motifs is 2. The van der Waals surface area contributed by atoms with E-state index in [2.05, 4.69) is 11.7 Å². The quantitative estimate of drug-likeness (QED) is 0.449. The maximum absolute atomic E-state index is 14.8. The fourth-order valence-electron chi connectivity index (χ4n) is 5.74. The van der Waals surface area contributed by atoms with E-state index in [-0.39, 0.29) is 16.7 Å². The Morgan fingerprint density at radius 2 is 1.63 bits per heavy atom. The van der Waals surface area contributed by atoms with E-state index in [9.17, 15) is 22.0 Å². The van der Waals surface area contributed by atoms with E-state index >= 15 is 0 Å². The largest absolute Gasteiger partial charge is 0.573 e. The van der Waals surface area contributed by atoms with Gasteiger partial charge in [-0.05, 0) is 84.9 Å². The monoisotopic (exact) mass is 426 g/mol. The highest BCUT2D eigenvalue weighted by Gasteiger charge is 2.36. The highest BCUT2D eigenvalue weighted by Crippen LogP contribution is 2.48. The maximum atomic E-state index is 14.8. The van der Waals surface area contributed by atoms with E-state index < -0.39 is 23.7 Å². The summed E-state index contributed by atoms with van der Waals surface area (Å²) in [7, 11) is 0. The lowest BCUT2D eigenvalue weighted by atomic mass is 9.63. The van der Waals surface area contributed by atoms with Crippen LogP contribution in [-0.2, 0) is 0 Å². The Hall–Kier alpha value is -1.85. The van der Waals surface area contributed by atoms with Crippen LogP contribution < -0.4 is 4.74 Å². The lowest BCUT2D eigenvalue weighted by Gasteiger charge is -2.42. The van der Waals surface area contributed by atoms with Crippen LogP contribution in [0.1, 0.15) is 69.8 Å². The SMILES string of the molecule is CCCC1CCC2CC(c3cc(F)c4cc(OC(F)(F)F)c(F)cc4c3)CCC2C1. The Kier molecular flexibility index (Phi) is 5.95. The van der Waals surface area contributed by atoms with Gasteiger partial charge in [-0.3, -0.25) is 0 Å². The van der Waals surface area contributed by atoms with Crippen LogP contribution in [0.5, 0.6) is 5.75 Å². The molecule has 2 aromatic rings. The third kappa shape index (κ3) is 4.57. The van der Waals surface area contributed by atoms with Crippen LogP contribution in [0, 0.1) is 29.4 Å². The molecule has 0 spiro atoms. The fraction of sp³-hybridized carbons (Fsp3) is 0.583. The summed E-state index contributed by atoms with van der Waals surface area (Å²) < 4.78 is 69.9. The first-order chi connectivity index (χ1) is 14.2. The molecule has 0 radical (unpaired) electrons. The average molecular weight is 426 g/mol. The smallest absolute Gasteiger partial charge is 0.403 e. The summed E-state index contributed by atoms with van der Waals surface area (Å²) in [5, 5.41) is 0.207. The molecule has 0 amide bonds. The molecule has 30 heavy (non-hydrogen) atoms. The molecule has 0 N–H and O–H groups in total. The number of hydrogen-bond acceptors (Lipinski definition) is 1. The molecule has 2 aliphatic carbocycles. The number of rotatable bonds is 4. The van der Waals surface area contributed by atoms with E-state index in [1.807, 2.05) is 0 Å². The van der Waals surface area contributed by atoms with Crippen molar-refractivity contribution in [2.45, 2.75) is 70.6 Å². The second-order valence-electron chi connectivity index (χ2n) is 9.05. The molecular formula is C24H27F5O. The molecule has 0 saturated heterocycles. The van der Waals surface area contributed by atoms with Gasteiger partial charge in [-0.15, -0.1) is 13.2 Å². The molecular weight excluding hydrogens is 399 g/mol. The van der Waals surface area contributed by atoms with Gasteiger partial charge in [-0.1, -0.05) is 32.3 Å². The van der Waals surface area contributed by atoms with Crippen molar-refractivity contribution in [3.8, 4) is 5.75 Å². The van der Waals surface area contributed by atoms with Crippen LogP contribution in [0.15, 0.2) is 24.3 Å². The van der Waals surface area contributed by atoms with Crippen molar-refractivity contribution >= 4 is 10.8 Å². The van der Waals surface area contributed by atoms with Gasteiger partial charge in [-0.2, -0.15) is 0 Å². The standard InChI is InChI=1S/C24H27F5O/c1-2-3-14-4-5-16-9-17(7-6-15(16)8-14)18-10-19-12-22(26)23(30-24(27,28)29)13-20(19)21(25)11-18/h10-17H,2-9H2,1H3. The minimum atomic E-state index is -5.03. The highest BCUT2D eigenvalue weighted by atomic mass is 19.4. The lowest BCUT2D eigenvalue weighted by Crippen LogP contribution is -2.30. The normalized spacial score (nSPS) is 27.1. The summed E-state index contributed by atoms with van der Waals surface area (Å²) >= 11 is 0. The molecule has 2 fully saturated rings. The van der Waals surface area contributed by atoms with Crippen LogP contribution in [0.3, 0.4) is 0 Å². The predicted molar refractivity (Wildman–Crippen MR) is 106 cm³/mol. The summed E-state index contributed by atoms with van der Waals surface area (Å²) in [6.45, 7) is 2.23. The second kappa shape index (κ2) is 8.35. The van der Waals surface area contributed by atoms with Crippen LogP contribution in [0.4, 0.5) is 22.0 Å². The Morgan fingerprint density at radius 3 is 2.37 bits per heavy atom. The average Bonchev–Trinajstić information content (AvgIpc) is 2.68. The van der Waals surface area contributed by atoms with E-state index in [4.69, 9.17) is 0 Å². The molecule has 0 bridgehead atoms. The zero-order valence-electron chi connectivity index (χ0n) is 17.1. The molecule has 4 unspecified atom stereocenters. The van der Waals surface area contributed by atoms with E-state index in [0.29, 0.717) is 5.92 Å². The summed E-state index contributed by atoms with van der Waals surface area (Å²) in [6.07, 6.45) is 4.39. The molecule has 2 aliphatic rings. The highest BCUT2D eigenvalue weighted by molar-refractivity contribution is 5.85. The summed E-state index contributed by atoms with van der Waals surface area (Å²) in [6, 6.07) is 4.87. The van der Waals surface area contributed by atoms with Crippen LogP contribution in [-0.4, -0.2) is 6.36 Å². The van der Waals surface area contributed by atoms with Gasteiger partial charge in [0.2, 0.25) is 0 Å². The predicted octanol–water partition coefficient (Wildman–Crippen LogP) is 8.12. The Bertz CT molecular complexity index is 907. The minimum absolute atomic E-state index is 0.0619. The van der Waals surface area contributed by atoms with Gasteiger partial charge in [-0.25, -0.2) is 8.78 Å². The van der Waals surface area contributed by atoms with Gasteiger partial charge in [0.25, 0.3) is 0 Å². The number of ether oxygens (including phenoxy) is 1. The topological polar surface area (TPSA) is 9.23 Å². The molecule has 4 rings (SSSR count). The lowest BCUT2D eigenvalue weighted by molar-refractivity contribution is -0.275. The van der Waals surface area contributed by atoms with Crippen molar-refractivity contribution in [3.05, 3.63) is 41.5 Å². The van der Waals surface area contributed by atoms with Crippen molar-refractivity contribution in [1.29, 1.82) is 0 Å². The summed E-state index contributed by atoms with van der Waals surface area (Å²) in [5.41, 5.74) is 0.818. The van der Waals surface area contributed by atoms with Crippen molar-refractivity contribution in [1.82, 2.24) is 0 Å². The van der Waals surface area contributed by atoms with E-state index in [0.717, 1.165) is 48.8 Å². The Morgan fingerprint density at radius 1 is 0.900 bits per heavy atom. The van der Waals surface area contributed by atoms with Gasteiger partial charge >= 0.3 is 6.36 Å².